The van der Waals surface area contributed by atoms with Gasteiger partial charge in [-0.25, -0.2) is 0 Å². The minimum absolute atomic E-state index is 0.262. The van der Waals surface area contributed by atoms with Crippen LogP contribution >= 0.6 is 0 Å². The quantitative estimate of drug-likeness (QED) is 0.776. The summed E-state index contributed by atoms with van der Waals surface area (Å²) in [4.78, 5) is 15.1. The third-order valence-corrected chi connectivity index (χ3v) is 5.71. The number of ether oxygens (including phenoxy) is 1. The van der Waals surface area contributed by atoms with E-state index in [0.29, 0.717) is 18.6 Å². The van der Waals surface area contributed by atoms with E-state index in [4.69, 9.17) is 4.74 Å². The van der Waals surface area contributed by atoms with Crippen LogP contribution in [0.4, 0.5) is 0 Å². The van der Waals surface area contributed by atoms with Crippen molar-refractivity contribution in [3.63, 3.8) is 0 Å². The minimum Gasteiger partial charge on any atom is -0.493 e. The topological polar surface area (TPSA) is 29.5 Å². The Bertz CT molecular complexity index is 518. The van der Waals surface area contributed by atoms with E-state index in [2.05, 4.69) is 18.7 Å². The van der Waals surface area contributed by atoms with E-state index in [1.54, 1.807) is 0 Å². The highest BCUT2D eigenvalue weighted by Crippen LogP contribution is 2.39. The molecule has 1 saturated carbocycles. The zero-order valence-electron chi connectivity index (χ0n) is 14.5. The molecule has 1 amide bonds. The Hall–Kier alpha value is -1.51. The summed E-state index contributed by atoms with van der Waals surface area (Å²) in [6.07, 6.45) is 7.52. The predicted molar refractivity (Wildman–Crippen MR) is 92.4 cm³/mol. The molecule has 1 aliphatic heterocycles. The monoisotopic (exact) mass is 315 g/mol. The molecule has 0 aromatic heterocycles. The zero-order chi connectivity index (χ0) is 16.3. The number of carbonyl (C=O) groups is 1. The SMILES string of the molecule is CC1(C)C(=O)N(C2CCCCCC2)CC1COc1ccccc1. The van der Waals surface area contributed by atoms with E-state index in [-0.39, 0.29) is 11.3 Å². The number of hydrogen-bond acceptors (Lipinski definition) is 2. The van der Waals surface area contributed by atoms with Crippen molar-refractivity contribution < 1.29 is 9.53 Å². The summed E-state index contributed by atoms with van der Waals surface area (Å²) >= 11 is 0. The molecule has 1 aliphatic carbocycles. The van der Waals surface area contributed by atoms with Crippen molar-refractivity contribution >= 4 is 5.91 Å². The zero-order valence-corrected chi connectivity index (χ0v) is 14.5. The Morgan fingerprint density at radius 2 is 1.74 bits per heavy atom. The molecule has 3 nitrogen and oxygen atoms in total. The lowest BCUT2D eigenvalue weighted by Gasteiger charge is -2.28. The molecule has 1 heterocycles. The smallest absolute Gasteiger partial charge is 0.228 e. The van der Waals surface area contributed by atoms with Gasteiger partial charge in [0.1, 0.15) is 5.75 Å². The van der Waals surface area contributed by atoms with Gasteiger partial charge in [-0.05, 0) is 25.0 Å². The standard InChI is InChI=1S/C20H29NO2/c1-20(2)16(15-23-18-12-8-5-9-13-18)14-21(19(20)22)17-10-6-3-4-7-11-17/h5,8-9,12-13,16-17H,3-4,6-7,10-11,14-15H2,1-2H3. The maximum absolute atomic E-state index is 12.9. The lowest BCUT2D eigenvalue weighted by molar-refractivity contribution is -0.137. The summed E-state index contributed by atoms with van der Waals surface area (Å²) < 4.78 is 5.96. The van der Waals surface area contributed by atoms with Gasteiger partial charge in [-0.3, -0.25) is 4.79 Å². The first-order chi connectivity index (χ1) is 11.1. The second-order valence-corrected chi connectivity index (χ2v) is 7.65. The van der Waals surface area contributed by atoms with Gasteiger partial charge in [0.05, 0.1) is 12.0 Å². The van der Waals surface area contributed by atoms with Gasteiger partial charge in [0.2, 0.25) is 5.91 Å². The number of hydrogen-bond donors (Lipinski definition) is 0. The lowest BCUT2D eigenvalue weighted by Crippen LogP contribution is -2.39. The van der Waals surface area contributed by atoms with Crippen molar-refractivity contribution in [3.05, 3.63) is 30.3 Å². The fraction of sp³-hybridized carbons (Fsp3) is 0.650. The molecular weight excluding hydrogens is 286 g/mol. The maximum Gasteiger partial charge on any atom is 0.228 e. The molecule has 0 N–H and O–H groups in total. The van der Waals surface area contributed by atoms with Crippen molar-refractivity contribution in [2.75, 3.05) is 13.2 Å². The predicted octanol–water partition coefficient (Wildman–Crippen LogP) is 4.27. The lowest BCUT2D eigenvalue weighted by atomic mass is 9.82. The van der Waals surface area contributed by atoms with Crippen molar-refractivity contribution in [2.24, 2.45) is 11.3 Å². The number of para-hydroxylation sites is 1. The first-order valence-corrected chi connectivity index (χ1v) is 9.08. The Kier molecular flexibility index (Phi) is 4.93. The van der Waals surface area contributed by atoms with E-state index in [1.807, 2.05) is 30.3 Å². The summed E-state index contributed by atoms with van der Waals surface area (Å²) in [5.41, 5.74) is -0.318. The molecule has 3 heteroatoms. The van der Waals surface area contributed by atoms with Crippen LogP contribution in [0, 0.1) is 11.3 Å². The van der Waals surface area contributed by atoms with Gasteiger partial charge in [-0.2, -0.15) is 0 Å². The Morgan fingerprint density at radius 3 is 2.39 bits per heavy atom. The third kappa shape index (κ3) is 3.54. The Labute approximate surface area is 140 Å². The second kappa shape index (κ2) is 6.94. The normalized spacial score (nSPS) is 25.4. The average Bonchev–Trinajstić information content (AvgIpc) is 2.76. The van der Waals surface area contributed by atoms with Gasteiger partial charge < -0.3 is 9.64 Å². The van der Waals surface area contributed by atoms with Gasteiger partial charge in [-0.1, -0.05) is 57.7 Å². The van der Waals surface area contributed by atoms with Crippen LogP contribution in [0.3, 0.4) is 0 Å². The summed E-state index contributed by atoms with van der Waals surface area (Å²) in [6, 6.07) is 10.4. The molecule has 0 spiro atoms. The maximum atomic E-state index is 12.9. The molecule has 2 fully saturated rings. The number of nitrogens with zero attached hydrogens (tertiary/aromatic N) is 1. The summed E-state index contributed by atoms with van der Waals surface area (Å²) in [5, 5.41) is 0. The van der Waals surface area contributed by atoms with Crippen LogP contribution in [0.5, 0.6) is 5.75 Å². The van der Waals surface area contributed by atoms with E-state index in [1.165, 1.54) is 38.5 Å². The summed E-state index contributed by atoms with van der Waals surface area (Å²) in [5.74, 6) is 1.48. The molecule has 3 rings (SSSR count). The van der Waals surface area contributed by atoms with Gasteiger partial charge in [-0.15, -0.1) is 0 Å². The summed E-state index contributed by atoms with van der Waals surface area (Å²) in [7, 11) is 0. The fourth-order valence-electron chi connectivity index (χ4n) is 3.95. The molecule has 1 saturated heterocycles. The highest BCUT2D eigenvalue weighted by atomic mass is 16.5. The molecule has 1 unspecified atom stereocenters. The highest BCUT2D eigenvalue weighted by molar-refractivity contribution is 5.85. The van der Waals surface area contributed by atoms with Crippen LogP contribution in [0.15, 0.2) is 30.3 Å². The Morgan fingerprint density at radius 1 is 1.09 bits per heavy atom. The van der Waals surface area contributed by atoms with Crippen molar-refractivity contribution in [2.45, 2.75) is 58.4 Å². The number of amides is 1. The first-order valence-electron chi connectivity index (χ1n) is 9.08. The van der Waals surface area contributed by atoms with Gasteiger partial charge in [0.15, 0.2) is 0 Å². The first kappa shape index (κ1) is 16.4. The van der Waals surface area contributed by atoms with Crippen molar-refractivity contribution in [1.82, 2.24) is 4.90 Å². The number of carbonyl (C=O) groups excluding carboxylic acids is 1. The number of rotatable bonds is 4. The fourth-order valence-corrected chi connectivity index (χ4v) is 3.95. The van der Waals surface area contributed by atoms with Gasteiger partial charge in [0, 0.05) is 18.5 Å². The Balaban J connectivity index is 1.65. The molecule has 0 radical (unpaired) electrons. The van der Waals surface area contributed by atoms with Crippen LogP contribution in [0.1, 0.15) is 52.4 Å². The van der Waals surface area contributed by atoms with Gasteiger partial charge >= 0.3 is 0 Å². The van der Waals surface area contributed by atoms with Crippen LogP contribution < -0.4 is 4.74 Å². The van der Waals surface area contributed by atoms with Crippen LogP contribution in [-0.2, 0) is 4.79 Å². The van der Waals surface area contributed by atoms with Crippen LogP contribution in [0.2, 0.25) is 0 Å². The van der Waals surface area contributed by atoms with E-state index in [9.17, 15) is 4.79 Å². The number of benzene rings is 1. The minimum atomic E-state index is -0.318. The van der Waals surface area contributed by atoms with E-state index < -0.39 is 0 Å². The molecular formula is C20H29NO2. The largest absolute Gasteiger partial charge is 0.493 e. The van der Waals surface area contributed by atoms with Crippen molar-refractivity contribution in [3.8, 4) is 5.75 Å². The van der Waals surface area contributed by atoms with Gasteiger partial charge in [0.25, 0.3) is 0 Å². The van der Waals surface area contributed by atoms with E-state index >= 15 is 0 Å². The van der Waals surface area contributed by atoms with Crippen molar-refractivity contribution in [1.29, 1.82) is 0 Å². The average molecular weight is 315 g/mol. The molecule has 126 valence electrons. The summed E-state index contributed by atoms with van der Waals surface area (Å²) in [6.45, 7) is 5.64. The van der Waals surface area contributed by atoms with E-state index in [0.717, 1.165) is 12.3 Å². The van der Waals surface area contributed by atoms with Crippen LogP contribution in [-0.4, -0.2) is 30.0 Å². The molecule has 1 aromatic carbocycles. The molecule has 1 aromatic rings. The highest BCUT2D eigenvalue weighted by Gasteiger charge is 2.49. The molecule has 0 bridgehead atoms. The molecule has 1 atom stereocenters. The molecule has 23 heavy (non-hydrogen) atoms. The van der Waals surface area contributed by atoms with Crippen LogP contribution in [0.25, 0.3) is 0 Å². The third-order valence-electron chi connectivity index (χ3n) is 5.71. The number of likely N-dealkylation sites (tertiary alicyclic amines) is 1. The molecule has 2 aliphatic rings. The second-order valence-electron chi connectivity index (χ2n) is 7.65.